The SMILES string of the molecule is CC(Sc1cc[c]cc1)(C(N)=O)c1ccc(Cl)cc1. The van der Waals surface area contributed by atoms with Crippen molar-refractivity contribution in [3.8, 4) is 0 Å². The summed E-state index contributed by atoms with van der Waals surface area (Å²) in [7, 11) is 0. The summed E-state index contributed by atoms with van der Waals surface area (Å²) in [5.74, 6) is -0.382. The van der Waals surface area contributed by atoms with Crippen LogP contribution in [0.4, 0.5) is 0 Å². The fourth-order valence-electron chi connectivity index (χ4n) is 1.69. The van der Waals surface area contributed by atoms with Crippen LogP contribution in [0, 0.1) is 6.07 Å². The second-order valence-electron chi connectivity index (χ2n) is 4.24. The summed E-state index contributed by atoms with van der Waals surface area (Å²) in [6.07, 6.45) is 0. The lowest BCUT2D eigenvalue weighted by atomic mass is 10.00. The second-order valence-corrected chi connectivity index (χ2v) is 6.17. The van der Waals surface area contributed by atoms with E-state index >= 15 is 0 Å². The van der Waals surface area contributed by atoms with E-state index in [0.29, 0.717) is 5.02 Å². The number of benzene rings is 2. The van der Waals surface area contributed by atoms with E-state index in [0.717, 1.165) is 10.5 Å². The zero-order valence-corrected chi connectivity index (χ0v) is 12.0. The summed E-state index contributed by atoms with van der Waals surface area (Å²) in [5.41, 5.74) is 6.42. The smallest absolute Gasteiger partial charge is 0.238 e. The third-order valence-corrected chi connectivity index (χ3v) is 4.48. The molecule has 2 aromatic carbocycles. The predicted molar refractivity (Wildman–Crippen MR) is 79.1 cm³/mol. The Bertz CT molecular complexity index is 570. The number of nitrogens with two attached hydrogens (primary N) is 1. The molecule has 1 unspecified atom stereocenters. The molecular formula is C15H13ClNOS. The van der Waals surface area contributed by atoms with Crippen molar-refractivity contribution in [2.75, 3.05) is 0 Å². The summed E-state index contributed by atoms with van der Waals surface area (Å²) in [6, 6.07) is 17.6. The first-order valence-electron chi connectivity index (χ1n) is 5.73. The minimum Gasteiger partial charge on any atom is -0.368 e. The summed E-state index contributed by atoms with van der Waals surface area (Å²) in [5, 5.41) is 0.634. The maximum atomic E-state index is 11.9. The van der Waals surface area contributed by atoms with E-state index in [1.54, 1.807) is 12.1 Å². The van der Waals surface area contributed by atoms with E-state index in [4.69, 9.17) is 17.3 Å². The summed E-state index contributed by atoms with van der Waals surface area (Å²) >= 11 is 7.29. The number of thioether (sulfide) groups is 1. The Labute approximate surface area is 122 Å². The van der Waals surface area contributed by atoms with Crippen LogP contribution in [-0.4, -0.2) is 5.91 Å². The lowest BCUT2D eigenvalue weighted by Gasteiger charge is -2.26. The number of halogens is 1. The van der Waals surface area contributed by atoms with E-state index < -0.39 is 4.75 Å². The topological polar surface area (TPSA) is 43.1 Å². The summed E-state index contributed by atoms with van der Waals surface area (Å²) in [4.78, 5) is 12.8. The van der Waals surface area contributed by atoms with Crippen LogP contribution >= 0.6 is 23.4 Å². The van der Waals surface area contributed by atoms with Gasteiger partial charge in [-0.05, 0) is 42.8 Å². The first-order valence-corrected chi connectivity index (χ1v) is 6.93. The zero-order chi connectivity index (χ0) is 13.9. The highest BCUT2D eigenvalue weighted by Gasteiger charge is 2.34. The maximum Gasteiger partial charge on any atom is 0.238 e. The average molecular weight is 291 g/mol. The van der Waals surface area contributed by atoms with Gasteiger partial charge in [-0.1, -0.05) is 35.9 Å². The molecule has 2 N–H and O–H groups in total. The molecule has 0 bridgehead atoms. The van der Waals surface area contributed by atoms with E-state index in [9.17, 15) is 4.79 Å². The van der Waals surface area contributed by atoms with Gasteiger partial charge >= 0.3 is 0 Å². The second kappa shape index (κ2) is 5.68. The van der Waals surface area contributed by atoms with Crippen molar-refractivity contribution in [3.05, 3.63) is 65.2 Å². The number of amides is 1. The third-order valence-electron chi connectivity index (χ3n) is 2.87. The van der Waals surface area contributed by atoms with Gasteiger partial charge < -0.3 is 5.73 Å². The predicted octanol–water partition coefficient (Wildman–Crippen LogP) is 3.63. The third kappa shape index (κ3) is 3.11. The molecule has 1 amide bonds. The van der Waals surface area contributed by atoms with Gasteiger partial charge in [-0.25, -0.2) is 0 Å². The molecule has 2 aromatic rings. The molecule has 2 rings (SSSR count). The van der Waals surface area contributed by atoms with Crippen LogP contribution < -0.4 is 5.73 Å². The molecule has 0 spiro atoms. The average Bonchev–Trinajstić information content (AvgIpc) is 2.40. The fraction of sp³-hybridized carbons (Fsp3) is 0.133. The van der Waals surface area contributed by atoms with Crippen molar-refractivity contribution in [2.24, 2.45) is 5.73 Å². The Hall–Kier alpha value is -1.45. The first kappa shape index (κ1) is 14.0. The van der Waals surface area contributed by atoms with Crippen LogP contribution in [-0.2, 0) is 9.54 Å². The van der Waals surface area contributed by atoms with Crippen molar-refractivity contribution in [1.29, 1.82) is 0 Å². The Balaban J connectivity index is 2.38. The van der Waals surface area contributed by atoms with Gasteiger partial charge in [0.05, 0.1) is 0 Å². The summed E-state index contributed by atoms with van der Waals surface area (Å²) < 4.78 is -0.827. The van der Waals surface area contributed by atoms with E-state index in [2.05, 4.69) is 6.07 Å². The molecule has 4 heteroatoms. The van der Waals surface area contributed by atoms with Gasteiger partial charge in [0, 0.05) is 9.92 Å². The molecule has 1 atom stereocenters. The van der Waals surface area contributed by atoms with Gasteiger partial charge in [0.2, 0.25) is 5.91 Å². The number of carbonyl (C=O) groups excluding carboxylic acids is 1. The van der Waals surface area contributed by atoms with Crippen LogP contribution in [0.2, 0.25) is 5.02 Å². The molecule has 97 valence electrons. The Morgan fingerprint density at radius 1 is 1.21 bits per heavy atom. The molecule has 0 heterocycles. The standard InChI is InChI=1S/C15H13ClNOS/c1-15(14(17)18,11-7-9-12(16)10-8-11)19-13-5-3-2-4-6-13/h3-10H,1H3,(H2,17,18). The highest BCUT2D eigenvalue weighted by Crippen LogP contribution is 2.41. The van der Waals surface area contributed by atoms with Crippen LogP contribution in [0.25, 0.3) is 0 Å². The van der Waals surface area contributed by atoms with Crippen LogP contribution in [0.3, 0.4) is 0 Å². The minimum atomic E-state index is -0.827. The fourth-order valence-corrected chi connectivity index (χ4v) is 2.92. The van der Waals surface area contributed by atoms with Gasteiger partial charge in [-0.2, -0.15) is 0 Å². The lowest BCUT2D eigenvalue weighted by molar-refractivity contribution is -0.120. The van der Waals surface area contributed by atoms with Gasteiger partial charge in [0.25, 0.3) is 0 Å². The van der Waals surface area contributed by atoms with Gasteiger partial charge in [0.15, 0.2) is 0 Å². The number of hydrogen-bond donors (Lipinski definition) is 1. The van der Waals surface area contributed by atoms with E-state index in [1.165, 1.54) is 11.8 Å². The Morgan fingerprint density at radius 2 is 1.79 bits per heavy atom. The highest BCUT2D eigenvalue weighted by atomic mass is 35.5. The van der Waals surface area contributed by atoms with Crippen molar-refractivity contribution >= 4 is 29.3 Å². The Kier molecular flexibility index (Phi) is 4.17. The van der Waals surface area contributed by atoms with Crippen molar-refractivity contribution in [2.45, 2.75) is 16.6 Å². The number of hydrogen-bond acceptors (Lipinski definition) is 2. The quantitative estimate of drug-likeness (QED) is 0.874. The van der Waals surface area contributed by atoms with Crippen LogP contribution in [0.5, 0.6) is 0 Å². The zero-order valence-electron chi connectivity index (χ0n) is 10.4. The largest absolute Gasteiger partial charge is 0.368 e. The molecule has 0 aliphatic carbocycles. The monoisotopic (exact) mass is 290 g/mol. The molecule has 0 aliphatic heterocycles. The molecule has 0 fully saturated rings. The normalized spacial score (nSPS) is 13.8. The molecule has 2 nitrogen and oxygen atoms in total. The van der Waals surface area contributed by atoms with Crippen LogP contribution in [0.15, 0.2) is 53.4 Å². The molecule has 0 saturated heterocycles. The number of carbonyl (C=O) groups is 1. The molecular weight excluding hydrogens is 278 g/mol. The van der Waals surface area contributed by atoms with E-state index in [1.807, 2.05) is 43.3 Å². The van der Waals surface area contributed by atoms with Crippen molar-refractivity contribution in [3.63, 3.8) is 0 Å². The maximum absolute atomic E-state index is 11.9. The van der Waals surface area contributed by atoms with Crippen molar-refractivity contribution in [1.82, 2.24) is 0 Å². The molecule has 19 heavy (non-hydrogen) atoms. The van der Waals surface area contributed by atoms with Gasteiger partial charge in [-0.3, -0.25) is 4.79 Å². The molecule has 0 aromatic heterocycles. The lowest BCUT2D eigenvalue weighted by Crippen LogP contribution is -2.35. The van der Waals surface area contributed by atoms with Crippen molar-refractivity contribution < 1.29 is 4.79 Å². The highest BCUT2D eigenvalue weighted by molar-refractivity contribution is 8.01. The summed E-state index contributed by atoms with van der Waals surface area (Å²) in [6.45, 7) is 1.82. The van der Waals surface area contributed by atoms with Gasteiger partial charge in [0.1, 0.15) is 4.75 Å². The first-order chi connectivity index (χ1) is 9.02. The van der Waals surface area contributed by atoms with E-state index in [-0.39, 0.29) is 5.91 Å². The number of rotatable bonds is 4. The Morgan fingerprint density at radius 3 is 2.32 bits per heavy atom. The number of primary amides is 1. The van der Waals surface area contributed by atoms with Gasteiger partial charge in [-0.15, -0.1) is 11.8 Å². The molecule has 1 radical (unpaired) electrons. The van der Waals surface area contributed by atoms with Crippen LogP contribution in [0.1, 0.15) is 12.5 Å². The minimum absolute atomic E-state index is 0.382. The molecule has 0 aliphatic rings. The molecule has 0 saturated carbocycles.